The first-order chi connectivity index (χ1) is 10.1. The first kappa shape index (κ1) is 14.8. The highest BCUT2D eigenvalue weighted by Gasteiger charge is 2.23. The van der Waals surface area contributed by atoms with Crippen molar-refractivity contribution in [3.63, 3.8) is 0 Å². The number of nitrogens with two attached hydrogens (primary N) is 1. The fourth-order valence-corrected chi connectivity index (χ4v) is 3.98. The first-order valence-corrected chi connectivity index (χ1v) is 8.41. The molecular formula is C17H18ClNOS. The molecule has 0 amide bonds. The van der Waals surface area contributed by atoms with Gasteiger partial charge in [0.15, 0.2) is 0 Å². The number of benzene rings is 2. The lowest BCUT2D eigenvalue weighted by molar-refractivity contribution is 0.294. The molecule has 2 N–H and O–H groups in total. The Labute approximate surface area is 134 Å². The van der Waals surface area contributed by atoms with Crippen molar-refractivity contribution >= 4 is 23.4 Å². The first-order valence-electron chi connectivity index (χ1n) is 7.04. The van der Waals surface area contributed by atoms with Gasteiger partial charge in [0, 0.05) is 33.2 Å². The van der Waals surface area contributed by atoms with Crippen LogP contribution in [0.1, 0.15) is 30.0 Å². The van der Waals surface area contributed by atoms with Crippen molar-refractivity contribution < 1.29 is 4.74 Å². The number of hydrogen-bond donors (Lipinski definition) is 1. The second kappa shape index (κ2) is 6.30. The van der Waals surface area contributed by atoms with Gasteiger partial charge in [-0.05, 0) is 36.8 Å². The maximum absolute atomic E-state index is 6.04. The summed E-state index contributed by atoms with van der Waals surface area (Å²) >= 11 is 7.94. The van der Waals surface area contributed by atoms with Gasteiger partial charge in [0.2, 0.25) is 0 Å². The van der Waals surface area contributed by atoms with Crippen LogP contribution in [0.15, 0.2) is 47.4 Å². The zero-order chi connectivity index (χ0) is 14.8. The average molecular weight is 320 g/mol. The average Bonchev–Trinajstić information content (AvgIpc) is 2.89. The third-order valence-corrected chi connectivity index (χ3v) is 5.19. The Morgan fingerprint density at radius 1 is 1.33 bits per heavy atom. The largest absolute Gasteiger partial charge is 0.493 e. The molecule has 1 heterocycles. The summed E-state index contributed by atoms with van der Waals surface area (Å²) in [7, 11) is 0. The fourth-order valence-electron chi connectivity index (χ4n) is 2.56. The molecule has 0 saturated carbocycles. The minimum Gasteiger partial charge on any atom is -0.493 e. The summed E-state index contributed by atoms with van der Waals surface area (Å²) < 4.78 is 6.04. The zero-order valence-corrected chi connectivity index (χ0v) is 13.5. The zero-order valence-electron chi connectivity index (χ0n) is 11.9. The summed E-state index contributed by atoms with van der Waals surface area (Å²) in [5.74, 6) is 2.34. The number of fused-ring (bicyclic) bond motifs is 1. The van der Waals surface area contributed by atoms with E-state index in [1.165, 1.54) is 10.5 Å². The maximum Gasteiger partial charge on any atom is 0.124 e. The fraction of sp³-hybridized carbons (Fsp3) is 0.294. The summed E-state index contributed by atoms with van der Waals surface area (Å²) in [6, 6.07) is 14.1. The normalized spacial score (nSPS) is 18.3. The monoisotopic (exact) mass is 319 g/mol. The molecular weight excluding hydrogens is 302 g/mol. The molecule has 4 heteroatoms. The number of halogens is 1. The van der Waals surface area contributed by atoms with Crippen molar-refractivity contribution in [3.05, 3.63) is 58.6 Å². The van der Waals surface area contributed by atoms with E-state index in [1.54, 1.807) is 0 Å². The molecule has 21 heavy (non-hydrogen) atoms. The minimum atomic E-state index is -0.0936. The van der Waals surface area contributed by atoms with Gasteiger partial charge < -0.3 is 10.5 Å². The number of thioether (sulfide) groups is 1. The standard InChI is InChI=1S/C17H18ClNOS/c1-11(19)15-8-13(18)6-7-16(15)20-9-12-10-21-17-5-3-2-4-14(12)17/h2-8,11-12H,9-10,19H2,1H3. The van der Waals surface area contributed by atoms with Crippen LogP contribution >= 0.6 is 23.4 Å². The predicted octanol–water partition coefficient (Wildman–Crippen LogP) is 4.63. The number of rotatable bonds is 4. The van der Waals surface area contributed by atoms with Crippen LogP contribution in [0.2, 0.25) is 5.02 Å². The Bertz CT molecular complexity index is 644. The van der Waals surface area contributed by atoms with Crippen molar-refractivity contribution in [2.75, 3.05) is 12.4 Å². The molecule has 2 aromatic carbocycles. The van der Waals surface area contributed by atoms with E-state index in [9.17, 15) is 0 Å². The van der Waals surface area contributed by atoms with E-state index in [1.807, 2.05) is 36.9 Å². The van der Waals surface area contributed by atoms with Crippen LogP contribution in [-0.2, 0) is 0 Å². The lowest BCUT2D eigenvalue weighted by Crippen LogP contribution is -2.13. The number of ether oxygens (including phenoxy) is 1. The van der Waals surface area contributed by atoms with E-state index in [2.05, 4.69) is 24.3 Å². The highest BCUT2D eigenvalue weighted by Crippen LogP contribution is 2.39. The molecule has 0 aliphatic carbocycles. The highest BCUT2D eigenvalue weighted by atomic mass is 35.5. The van der Waals surface area contributed by atoms with Crippen LogP contribution in [-0.4, -0.2) is 12.4 Å². The molecule has 1 aliphatic rings. The van der Waals surface area contributed by atoms with E-state index >= 15 is 0 Å². The maximum atomic E-state index is 6.04. The van der Waals surface area contributed by atoms with E-state index < -0.39 is 0 Å². The van der Waals surface area contributed by atoms with Crippen molar-refractivity contribution in [3.8, 4) is 5.75 Å². The Balaban J connectivity index is 1.75. The summed E-state index contributed by atoms with van der Waals surface area (Å²) in [5.41, 5.74) is 8.35. The van der Waals surface area contributed by atoms with E-state index in [-0.39, 0.29) is 6.04 Å². The Morgan fingerprint density at radius 3 is 2.95 bits per heavy atom. The molecule has 0 fully saturated rings. The van der Waals surface area contributed by atoms with Gasteiger partial charge in [0.05, 0.1) is 6.61 Å². The van der Waals surface area contributed by atoms with Gasteiger partial charge in [-0.1, -0.05) is 29.8 Å². The lowest BCUT2D eigenvalue weighted by Gasteiger charge is -2.17. The lowest BCUT2D eigenvalue weighted by atomic mass is 10.0. The van der Waals surface area contributed by atoms with E-state index in [0.29, 0.717) is 17.5 Å². The van der Waals surface area contributed by atoms with Crippen LogP contribution in [0.25, 0.3) is 0 Å². The van der Waals surface area contributed by atoms with Crippen LogP contribution in [0.3, 0.4) is 0 Å². The van der Waals surface area contributed by atoms with Crippen molar-refractivity contribution in [1.82, 2.24) is 0 Å². The van der Waals surface area contributed by atoms with Crippen molar-refractivity contribution in [1.29, 1.82) is 0 Å². The van der Waals surface area contributed by atoms with Gasteiger partial charge in [-0.25, -0.2) is 0 Å². The molecule has 2 aromatic rings. The smallest absolute Gasteiger partial charge is 0.124 e. The number of hydrogen-bond acceptors (Lipinski definition) is 3. The van der Waals surface area contributed by atoms with Gasteiger partial charge in [0.1, 0.15) is 5.75 Å². The van der Waals surface area contributed by atoms with Crippen molar-refractivity contribution in [2.24, 2.45) is 5.73 Å². The molecule has 3 rings (SSSR count). The summed E-state index contributed by atoms with van der Waals surface area (Å²) in [4.78, 5) is 1.37. The minimum absolute atomic E-state index is 0.0936. The molecule has 0 bridgehead atoms. The third-order valence-electron chi connectivity index (χ3n) is 3.70. The molecule has 0 radical (unpaired) electrons. The topological polar surface area (TPSA) is 35.2 Å². The molecule has 0 saturated heterocycles. The predicted molar refractivity (Wildman–Crippen MR) is 89.5 cm³/mol. The summed E-state index contributed by atoms with van der Waals surface area (Å²) in [6.07, 6.45) is 0. The summed E-state index contributed by atoms with van der Waals surface area (Å²) in [5, 5.41) is 0.691. The van der Waals surface area contributed by atoms with E-state index in [4.69, 9.17) is 22.1 Å². The van der Waals surface area contributed by atoms with Crippen LogP contribution in [0.4, 0.5) is 0 Å². The Hall–Kier alpha value is -1.16. The third kappa shape index (κ3) is 3.20. The summed E-state index contributed by atoms with van der Waals surface area (Å²) in [6.45, 7) is 2.62. The van der Waals surface area contributed by atoms with Gasteiger partial charge in [-0.3, -0.25) is 0 Å². The molecule has 2 nitrogen and oxygen atoms in total. The van der Waals surface area contributed by atoms with Crippen LogP contribution < -0.4 is 10.5 Å². The van der Waals surface area contributed by atoms with Crippen LogP contribution in [0, 0.1) is 0 Å². The molecule has 2 atom stereocenters. The molecule has 0 aromatic heterocycles. The van der Waals surface area contributed by atoms with Gasteiger partial charge >= 0.3 is 0 Å². The molecule has 0 spiro atoms. The molecule has 2 unspecified atom stereocenters. The highest BCUT2D eigenvalue weighted by molar-refractivity contribution is 7.99. The second-order valence-electron chi connectivity index (χ2n) is 5.33. The van der Waals surface area contributed by atoms with Gasteiger partial charge in [-0.15, -0.1) is 11.8 Å². The molecule has 110 valence electrons. The van der Waals surface area contributed by atoms with Gasteiger partial charge in [0.25, 0.3) is 0 Å². The van der Waals surface area contributed by atoms with Crippen molar-refractivity contribution in [2.45, 2.75) is 23.8 Å². The SMILES string of the molecule is CC(N)c1cc(Cl)ccc1OCC1CSc2ccccc21. The Kier molecular flexibility index (Phi) is 4.43. The quantitative estimate of drug-likeness (QED) is 0.892. The Morgan fingerprint density at radius 2 is 2.14 bits per heavy atom. The van der Waals surface area contributed by atoms with Crippen LogP contribution in [0.5, 0.6) is 5.75 Å². The van der Waals surface area contributed by atoms with E-state index in [0.717, 1.165) is 17.1 Å². The molecule has 1 aliphatic heterocycles. The second-order valence-corrected chi connectivity index (χ2v) is 6.83. The van der Waals surface area contributed by atoms with Gasteiger partial charge in [-0.2, -0.15) is 0 Å².